The first-order valence-electron chi connectivity index (χ1n) is 5.76. The van der Waals surface area contributed by atoms with E-state index >= 15 is 0 Å². The third-order valence-electron chi connectivity index (χ3n) is 2.66. The molecular formula is C15H12N2O2. The van der Waals surface area contributed by atoms with E-state index in [0.29, 0.717) is 16.8 Å². The molecule has 0 atom stereocenters. The number of nitrogens with one attached hydrogen (secondary N) is 1. The minimum atomic E-state index is -0.267. The molecule has 4 nitrogen and oxygen atoms in total. The highest BCUT2D eigenvalue weighted by Gasteiger charge is 2.10. The summed E-state index contributed by atoms with van der Waals surface area (Å²) in [6.07, 6.45) is 0.194. The van der Waals surface area contributed by atoms with Gasteiger partial charge in [0.05, 0.1) is 12.5 Å². The molecule has 0 saturated heterocycles. The SMILES string of the molecule is N#CCc1ccccc1C(=O)Nc1ccc(O)cc1. The van der Waals surface area contributed by atoms with Crippen LogP contribution < -0.4 is 5.32 Å². The first kappa shape index (κ1) is 12.7. The number of phenolic OH excluding ortho intramolecular Hbond substituents is 1. The van der Waals surface area contributed by atoms with Gasteiger partial charge < -0.3 is 10.4 Å². The highest BCUT2D eigenvalue weighted by atomic mass is 16.3. The molecule has 0 saturated carbocycles. The van der Waals surface area contributed by atoms with E-state index in [1.807, 2.05) is 6.07 Å². The molecule has 0 fully saturated rings. The lowest BCUT2D eigenvalue weighted by Crippen LogP contribution is -2.14. The number of carbonyl (C=O) groups excluding carboxylic acids is 1. The van der Waals surface area contributed by atoms with Crippen LogP contribution in [0.15, 0.2) is 48.5 Å². The van der Waals surface area contributed by atoms with Crippen LogP contribution in [0.25, 0.3) is 0 Å². The Bertz CT molecular complexity index is 627. The summed E-state index contributed by atoms with van der Waals surface area (Å²) in [6.45, 7) is 0. The van der Waals surface area contributed by atoms with Crippen molar-refractivity contribution in [3.63, 3.8) is 0 Å². The summed E-state index contributed by atoms with van der Waals surface area (Å²) in [5, 5.41) is 20.6. The normalized spacial score (nSPS) is 9.63. The maximum atomic E-state index is 12.1. The number of hydrogen-bond donors (Lipinski definition) is 2. The molecule has 2 aromatic carbocycles. The first-order valence-corrected chi connectivity index (χ1v) is 5.76. The molecule has 0 aliphatic heterocycles. The smallest absolute Gasteiger partial charge is 0.255 e. The Morgan fingerprint density at radius 3 is 2.53 bits per heavy atom. The van der Waals surface area contributed by atoms with Gasteiger partial charge in [-0.1, -0.05) is 18.2 Å². The van der Waals surface area contributed by atoms with Crippen molar-refractivity contribution in [1.29, 1.82) is 5.26 Å². The molecule has 19 heavy (non-hydrogen) atoms. The van der Waals surface area contributed by atoms with E-state index < -0.39 is 0 Å². The number of nitrogens with zero attached hydrogens (tertiary/aromatic N) is 1. The Balaban J connectivity index is 2.20. The van der Waals surface area contributed by atoms with Crippen LogP contribution in [0.3, 0.4) is 0 Å². The minimum Gasteiger partial charge on any atom is -0.508 e. The lowest BCUT2D eigenvalue weighted by atomic mass is 10.0. The standard InChI is InChI=1S/C15H12N2O2/c16-10-9-11-3-1-2-4-14(11)15(19)17-12-5-7-13(18)8-6-12/h1-8,18H,9H2,(H,17,19). The highest BCUT2D eigenvalue weighted by Crippen LogP contribution is 2.16. The van der Waals surface area contributed by atoms with Crippen LogP contribution in [-0.4, -0.2) is 11.0 Å². The maximum Gasteiger partial charge on any atom is 0.255 e. The second-order valence-corrected chi connectivity index (χ2v) is 3.99. The fourth-order valence-electron chi connectivity index (χ4n) is 1.72. The molecular weight excluding hydrogens is 240 g/mol. The van der Waals surface area contributed by atoms with Crippen molar-refractivity contribution in [3.05, 3.63) is 59.7 Å². The van der Waals surface area contributed by atoms with E-state index in [1.54, 1.807) is 36.4 Å². The van der Waals surface area contributed by atoms with Gasteiger partial charge in [0, 0.05) is 11.3 Å². The summed E-state index contributed by atoms with van der Waals surface area (Å²) >= 11 is 0. The van der Waals surface area contributed by atoms with Gasteiger partial charge in [-0.2, -0.15) is 5.26 Å². The quantitative estimate of drug-likeness (QED) is 0.825. The second kappa shape index (κ2) is 5.69. The van der Waals surface area contributed by atoms with Crippen molar-refractivity contribution in [2.24, 2.45) is 0 Å². The number of nitriles is 1. The second-order valence-electron chi connectivity index (χ2n) is 3.99. The Kier molecular flexibility index (Phi) is 3.79. The van der Waals surface area contributed by atoms with Crippen molar-refractivity contribution < 1.29 is 9.90 Å². The third kappa shape index (κ3) is 3.11. The molecule has 0 heterocycles. The fraction of sp³-hybridized carbons (Fsp3) is 0.0667. The Morgan fingerprint density at radius 2 is 1.84 bits per heavy atom. The lowest BCUT2D eigenvalue weighted by molar-refractivity contribution is 0.102. The summed E-state index contributed by atoms with van der Waals surface area (Å²) in [5.41, 5.74) is 1.77. The van der Waals surface area contributed by atoms with E-state index in [-0.39, 0.29) is 18.1 Å². The molecule has 2 rings (SSSR count). The summed E-state index contributed by atoms with van der Waals surface area (Å²) in [4.78, 5) is 12.1. The average molecular weight is 252 g/mol. The van der Waals surface area contributed by atoms with Gasteiger partial charge in [-0.05, 0) is 35.9 Å². The Morgan fingerprint density at radius 1 is 1.16 bits per heavy atom. The van der Waals surface area contributed by atoms with Crippen molar-refractivity contribution in [1.82, 2.24) is 0 Å². The molecule has 94 valence electrons. The van der Waals surface area contributed by atoms with Gasteiger partial charge in [-0.25, -0.2) is 0 Å². The minimum absolute atomic E-state index is 0.142. The Labute approximate surface area is 110 Å². The van der Waals surface area contributed by atoms with Crippen molar-refractivity contribution >= 4 is 11.6 Å². The lowest BCUT2D eigenvalue weighted by Gasteiger charge is -2.08. The molecule has 0 aliphatic rings. The Hall–Kier alpha value is -2.80. The molecule has 2 aromatic rings. The molecule has 0 bridgehead atoms. The van der Waals surface area contributed by atoms with E-state index in [1.165, 1.54) is 12.1 Å². The number of phenols is 1. The predicted octanol–water partition coefficient (Wildman–Crippen LogP) is 2.71. The molecule has 0 radical (unpaired) electrons. The summed E-state index contributed by atoms with van der Waals surface area (Å²) in [5.74, 6) is -0.126. The van der Waals surface area contributed by atoms with E-state index in [4.69, 9.17) is 5.26 Å². The molecule has 0 unspecified atom stereocenters. The van der Waals surface area contributed by atoms with Crippen LogP contribution in [0, 0.1) is 11.3 Å². The summed E-state index contributed by atoms with van der Waals surface area (Å²) < 4.78 is 0. The monoisotopic (exact) mass is 252 g/mol. The number of aromatic hydroxyl groups is 1. The van der Waals surface area contributed by atoms with Crippen molar-refractivity contribution in [3.8, 4) is 11.8 Å². The van der Waals surface area contributed by atoms with E-state index in [9.17, 15) is 9.90 Å². The number of anilines is 1. The van der Waals surface area contributed by atoms with Gasteiger partial charge in [0.25, 0.3) is 5.91 Å². The molecule has 0 spiro atoms. The average Bonchev–Trinajstić information content (AvgIpc) is 2.42. The van der Waals surface area contributed by atoms with Crippen LogP contribution in [0.1, 0.15) is 15.9 Å². The molecule has 0 aromatic heterocycles. The first-order chi connectivity index (χ1) is 9.20. The summed E-state index contributed by atoms with van der Waals surface area (Å²) in [7, 11) is 0. The van der Waals surface area contributed by atoms with Gasteiger partial charge in [0.15, 0.2) is 0 Å². The van der Waals surface area contributed by atoms with E-state index in [2.05, 4.69) is 5.32 Å². The summed E-state index contributed by atoms with van der Waals surface area (Å²) in [6, 6.07) is 15.2. The van der Waals surface area contributed by atoms with Crippen LogP contribution in [0.2, 0.25) is 0 Å². The fourth-order valence-corrected chi connectivity index (χ4v) is 1.72. The number of carbonyl (C=O) groups is 1. The number of amides is 1. The van der Waals surface area contributed by atoms with Crippen LogP contribution >= 0.6 is 0 Å². The van der Waals surface area contributed by atoms with Crippen molar-refractivity contribution in [2.45, 2.75) is 6.42 Å². The largest absolute Gasteiger partial charge is 0.508 e. The third-order valence-corrected chi connectivity index (χ3v) is 2.66. The predicted molar refractivity (Wildman–Crippen MR) is 71.8 cm³/mol. The number of hydrogen-bond acceptors (Lipinski definition) is 3. The van der Waals surface area contributed by atoms with Crippen LogP contribution in [0.4, 0.5) is 5.69 Å². The van der Waals surface area contributed by atoms with Gasteiger partial charge in [0.2, 0.25) is 0 Å². The van der Waals surface area contributed by atoms with Crippen LogP contribution in [0.5, 0.6) is 5.75 Å². The van der Waals surface area contributed by atoms with Gasteiger partial charge >= 0.3 is 0 Å². The zero-order valence-corrected chi connectivity index (χ0v) is 10.1. The zero-order valence-electron chi connectivity index (χ0n) is 10.1. The van der Waals surface area contributed by atoms with Crippen molar-refractivity contribution in [2.75, 3.05) is 5.32 Å². The van der Waals surface area contributed by atoms with E-state index in [0.717, 1.165) is 0 Å². The maximum absolute atomic E-state index is 12.1. The molecule has 0 aliphatic carbocycles. The highest BCUT2D eigenvalue weighted by molar-refractivity contribution is 6.05. The zero-order chi connectivity index (χ0) is 13.7. The molecule has 4 heteroatoms. The topological polar surface area (TPSA) is 73.1 Å². The van der Waals surface area contributed by atoms with Gasteiger partial charge in [-0.3, -0.25) is 4.79 Å². The van der Waals surface area contributed by atoms with Crippen LogP contribution in [-0.2, 0) is 6.42 Å². The van der Waals surface area contributed by atoms with Gasteiger partial charge in [-0.15, -0.1) is 0 Å². The number of benzene rings is 2. The molecule has 2 N–H and O–H groups in total. The van der Waals surface area contributed by atoms with Gasteiger partial charge in [0.1, 0.15) is 5.75 Å². The molecule has 1 amide bonds. The number of rotatable bonds is 3.